The molecule has 94 valence electrons. The molecule has 0 radical (unpaired) electrons. The van der Waals surface area contributed by atoms with Crippen LogP contribution in [0, 0.1) is 5.92 Å². The van der Waals surface area contributed by atoms with Crippen molar-refractivity contribution in [3.05, 3.63) is 0 Å². The van der Waals surface area contributed by atoms with Crippen LogP contribution in [0.25, 0.3) is 0 Å². The molecule has 1 aliphatic rings. The Morgan fingerprint density at radius 3 is 2.62 bits per heavy atom. The molecule has 0 spiro atoms. The zero-order valence-corrected chi connectivity index (χ0v) is 12.0. The van der Waals surface area contributed by atoms with E-state index < -0.39 is 0 Å². The van der Waals surface area contributed by atoms with E-state index in [1.807, 2.05) is 11.8 Å². The third kappa shape index (κ3) is 4.74. The van der Waals surface area contributed by atoms with Crippen LogP contribution in [0.2, 0.25) is 0 Å². The van der Waals surface area contributed by atoms with E-state index in [1.54, 1.807) is 0 Å². The molecule has 16 heavy (non-hydrogen) atoms. The summed E-state index contributed by atoms with van der Waals surface area (Å²) in [4.78, 5) is 6.93. The van der Waals surface area contributed by atoms with E-state index >= 15 is 0 Å². The average Bonchev–Trinajstić information content (AvgIpc) is 2.63. The van der Waals surface area contributed by atoms with Crippen molar-refractivity contribution in [2.75, 3.05) is 26.4 Å². The molecule has 2 atom stereocenters. The summed E-state index contributed by atoms with van der Waals surface area (Å²) in [7, 11) is 4.23. The summed E-state index contributed by atoms with van der Waals surface area (Å²) in [5.74, 6) is 1.80. The zero-order valence-electron chi connectivity index (χ0n) is 11.2. The third-order valence-electron chi connectivity index (χ3n) is 2.82. The molecule has 0 amide bonds. The van der Waals surface area contributed by atoms with Gasteiger partial charge in [-0.05, 0) is 39.9 Å². The summed E-state index contributed by atoms with van der Waals surface area (Å²) in [6.45, 7) is 7.84. The highest BCUT2D eigenvalue weighted by Gasteiger charge is 2.21. The molecule has 0 fully saturated rings. The van der Waals surface area contributed by atoms with Crippen LogP contribution in [0.4, 0.5) is 0 Å². The van der Waals surface area contributed by atoms with Gasteiger partial charge >= 0.3 is 0 Å². The summed E-state index contributed by atoms with van der Waals surface area (Å²) >= 11 is 1.87. The van der Waals surface area contributed by atoms with Gasteiger partial charge in [0.2, 0.25) is 0 Å². The lowest BCUT2D eigenvalue weighted by atomic mass is 10.1. The Bertz CT molecular complexity index is 238. The molecule has 1 heterocycles. The molecular formula is C12H25N3S. The standard InChI is InChI=1S/C12H25N3S/c1-9(2)11-8-16-12(14-11)13-10(3)6-7-15(4)5/h9-11H,6-8H2,1-5H3,(H,13,14). The van der Waals surface area contributed by atoms with Crippen molar-refractivity contribution in [2.45, 2.75) is 39.3 Å². The SMILES string of the molecule is CC(CCN(C)C)NC1=NC(C(C)C)CS1. The lowest BCUT2D eigenvalue weighted by Gasteiger charge is -2.17. The van der Waals surface area contributed by atoms with Crippen molar-refractivity contribution in [3.63, 3.8) is 0 Å². The molecule has 0 saturated carbocycles. The molecule has 0 aromatic rings. The summed E-state index contributed by atoms with van der Waals surface area (Å²) in [5.41, 5.74) is 0. The maximum absolute atomic E-state index is 4.71. The van der Waals surface area contributed by atoms with E-state index in [0.29, 0.717) is 18.0 Å². The molecule has 1 rings (SSSR count). The Kier molecular flexibility index (Phi) is 5.62. The molecule has 0 saturated heterocycles. The van der Waals surface area contributed by atoms with Crippen molar-refractivity contribution < 1.29 is 0 Å². The van der Waals surface area contributed by atoms with E-state index in [-0.39, 0.29) is 0 Å². The quantitative estimate of drug-likeness (QED) is 0.801. The smallest absolute Gasteiger partial charge is 0.157 e. The predicted octanol–water partition coefficient (Wildman–Crippen LogP) is 2.04. The highest BCUT2D eigenvalue weighted by Crippen LogP contribution is 2.22. The van der Waals surface area contributed by atoms with Gasteiger partial charge in [-0.2, -0.15) is 0 Å². The van der Waals surface area contributed by atoms with Gasteiger partial charge in [-0.3, -0.25) is 4.99 Å². The second-order valence-electron chi connectivity index (χ2n) is 5.19. The lowest BCUT2D eigenvalue weighted by Crippen LogP contribution is -2.32. The van der Waals surface area contributed by atoms with Gasteiger partial charge in [-0.25, -0.2) is 0 Å². The normalized spacial score (nSPS) is 22.7. The van der Waals surface area contributed by atoms with E-state index in [9.17, 15) is 0 Å². The van der Waals surface area contributed by atoms with Crippen molar-refractivity contribution in [3.8, 4) is 0 Å². The first-order chi connectivity index (χ1) is 7.49. The van der Waals surface area contributed by atoms with Gasteiger partial charge in [-0.1, -0.05) is 25.6 Å². The second kappa shape index (κ2) is 6.50. The Balaban J connectivity index is 2.29. The van der Waals surface area contributed by atoms with Crippen LogP contribution in [-0.4, -0.2) is 48.5 Å². The molecule has 0 aromatic carbocycles. The van der Waals surface area contributed by atoms with E-state index in [2.05, 4.69) is 45.1 Å². The molecule has 4 heteroatoms. The van der Waals surface area contributed by atoms with Gasteiger partial charge in [0.15, 0.2) is 5.17 Å². The molecule has 0 aliphatic carbocycles. The number of hydrogen-bond acceptors (Lipinski definition) is 4. The Morgan fingerprint density at radius 1 is 1.44 bits per heavy atom. The minimum absolute atomic E-state index is 0.508. The average molecular weight is 243 g/mol. The number of thioether (sulfide) groups is 1. The van der Waals surface area contributed by atoms with Crippen molar-refractivity contribution in [1.82, 2.24) is 10.2 Å². The Morgan fingerprint density at radius 2 is 2.12 bits per heavy atom. The van der Waals surface area contributed by atoms with E-state index in [1.165, 1.54) is 6.42 Å². The van der Waals surface area contributed by atoms with Crippen LogP contribution in [-0.2, 0) is 0 Å². The predicted molar refractivity (Wildman–Crippen MR) is 74.3 cm³/mol. The van der Waals surface area contributed by atoms with Crippen molar-refractivity contribution in [2.24, 2.45) is 10.9 Å². The van der Waals surface area contributed by atoms with Crippen LogP contribution in [0.5, 0.6) is 0 Å². The fourth-order valence-corrected chi connectivity index (χ4v) is 2.83. The van der Waals surface area contributed by atoms with Crippen LogP contribution < -0.4 is 5.32 Å². The first-order valence-electron chi connectivity index (χ1n) is 6.11. The first kappa shape index (κ1) is 13.8. The van der Waals surface area contributed by atoms with Crippen LogP contribution in [0.15, 0.2) is 4.99 Å². The van der Waals surface area contributed by atoms with Crippen LogP contribution >= 0.6 is 11.8 Å². The molecule has 1 N–H and O–H groups in total. The highest BCUT2D eigenvalue weighted by atomic mass is 32.2. The van der Waals surface area contributed by atoms with E-state index in [4.69, 9.17) is 4.99 Å². The second-order valence-corrected chi connectivity index (χ2v) is 6.20. The number of nitrogens with zero attached hydrogens (tertiary/aromatic N) is 2. The monoisotopic (exact) mass is 243 g/mol. The lowest BCUT2D eigenvalue weighted by molar-refractivity contribution is 0.379. The minimum Gasteiger partial charge on any atom is -0.362 e. The summed E-state index contributed by atoms with van der Waals surface area (Å²) in [6.07, 6.45) is 1.17. The van der Waals surface area contributed by atoms with Gasteiger partial charge in [0.05, 0.1) is 6.04 Å². The number of rotatable bonds is 5. The van der Waals surface area contributed by atoms with Gasteiger partial charge in [-0.15, -0.1) is 0 Å². The maximum atomic E-state index is 4.71. The number of aliphatic imine (C=N–C) groups is 1. The molecule has 3 nitrogen and oxygen atoms in total. The Hall–Kier alpha value is -0.220. The summed E-state index contributed by atoms with van der Waals surface area (Å²) in [5, 5.41) is 4.65. The molecule has 1 aliphatic heterocycles. The maximum Gasteiger partial charge on any atom is 0.157 e. The zero-order chi connectivity index (χ0) is 12.1. The molecular weight excluding hydrogens is 218 g/mol. The van der Waals surface area contributed by atoms with Gasteiger partial charge in [0.25, 0.3) is 0 Å². The summed E-state index contributed by atoms with van der Waals surface area (Å²) in [6, 6.07) is 1.02. The van der Waals surface area contributed by atoms with E-state index in [0.717, 1.165) is 17.5 Å². The van der Waals surface area contributed by atoms with Gasteiger partial charge in [0.1, 0.15) is 0 Å². The Labute approximate surface area is 104 Å². The first-order valence-corrected chi connectivity index (χ1v) is 7.09. The highest BCUT2D eigenvalue weighted by molar-refractivity contribution is 8.14. The van der Waals surface area contributed by atoms with Crippen LogP contribution in [0.3, 0.4) is 0 Å². The third-order valence-corrected chi connectivity index (χ3v) is 3.83. The fraction of sp³-hybridized carbons (Fsp3) is 0.917. The molecule has 0 bridgehead atoms. The minimum atomic E-state index is 0.508. The molecule has 0 aromatic heterocycles. The number of amidine groups is 1. The number of hydrogen-bond donors (Lipinski definition) is 1. The van der Waals surface area contributed by atoms with Crippen molar-refractivity contribution in [1.29, 1.82) is 0 Å². The van der Waals surface area contributed by atoms with Crippen LogP contribution in [0.1, 0.15) is 27.2 Å². The van der Waals surface area contributed by atoms with Gasteiger partial charge < -0.3 is 10.2 Å². The number of nitrogens with one attached hydrogen (secondary N) is 1. The van der Waals surface area contributed by atoms with Crippen molar-refractivity contribution >= 4 is 16.9 Å². The summed E-state index contributed by atoms with van der Waals surface area (Å²) < 4.78 is 0. The molecule has 2 unspecified atom stereocenters. The topological polar surface area (TPSA) is 27.6 Å². The largest absolute Gasteiger partial charge is 0.362 e. The fourth-order valence-electron chi connectivity index (χ4n) is 1.54. The van der Waals surface area contributed by atoms with Gasteiger partial charge in [0, 0.05) is 11.8 Å².